The Morgan fingerprint density at radius 1 is 1.05 bits per heavy atom. The Morgan fingerprint density at radius 2 is 1.70 bits per heavy atom. The van der Waals surface area contributed by atoms with Crippen molar-refractivity contribution in [2.75, 3.05) is 6.26 Å². The largest absolute Gasteiger partial charge is 0.294 e. The Morgan fingerprint density at radius 3 is 2.25 bits per heavy atom. The molecule has 0 radical (unpaired) electrons. The number of benzene rings is 2. The summed E-state index contributed by atoms with van der Waals surface area (Å²) in [6, 6.07) is 18.1. The van der Waals surface area contributed by atoms with Crippen molar-refractivity contribution in [2.24, 2.45) is 0 Å². The molecular weight excluding hydrogens is 264 g/mol. The fourth-order valence-electron chi connectivity index (χ4n) is 2.00. The molecule has 1 nitrogen and oxygen atoms in total. The summed E-state index contributed by atoms with van der Waals surface area (Å²) in [5.74, 6) is 0.172. The molecule has 0 aliphatic carbocycles. The van der Waals surface area contributed by atoms with Crippen LogP contribution in [0.1, 0.15) is 24.5 Å². The van der Waals surface area contributed by atoms with Crippen molar-refractivity contribution >= 4 is 29.2 Å². The molecule has 2 aromatic carbocycles. The van der Waals surface area contributed by atoms with Gasteiger partial charge in [-0.3, -0.25) is 4.79 Å². The fraction of sp³-hybridized carbons (Fsp3) is 0.167. The Kier molecular flexibility index (Phi) is 5.19. The molecule has 102 valence electrons. The molecule has 0 atom stereocenters. The molecule has 2 rings (SSSR count). The minimum Gasteiger partial charge on any atom is -0.294 e. The van der Waals surface area contributed by atoms with Crippen LogP contribution in [0.5, 0.6) is 0 Å². The second-order valence-corrected chi connectivity index (χ2v) is 5.35. The lowest BCUT2D eigenvalue weighted by molar-refractivity contribution is -0.113. The number of allylic oxidation sites excluding steroid dienone is 1. The molecule has 0 unspecified atom stereocenters. The van der Waals surface area contributed by atoms with Crippen LogP contribution < -0.4 is 0 Å². The van der Waals surface area contributed by atoms with E-state index in [0.717, 1.165) is 16.7 Å². The summed E-state index contributed by atoms with van der Waals surface area (Å²) in [6.45, 7) is 1.90. The van der Waals surface area contributed by atoms with Gasteiger partial charge in [0.25, 0.3) is 0 Å². The Labute approximate surface area is 124 Å². The molecule has 0 aliphatic rings. The molecule has 0 aliphatic heterocycles. The van der Waals surface area contributed by atoms with E-state index in [0.29, 0.717) is 6.42 Å². The highest BCUT2D eigenvalue weighted by Crippen LogP contribution is 2.23. The van der Waals surface area contributed by atoms with Crippen LogP contribution in [0.25, 0.3) is 11.6 Å². The molecule has 0 saturated carbocycles. The Hall–Kier alpha value is -1.80. The molecule has 2 aromatic rings. The number of thioether (sulfide) groups is 1. The van der Waals surface area contributed by atoms with E-state index in [-0.39, 0.29) is 5.78 Å². The minimum atomic E-state index is 0.172. The predicted octanol–water partition coefficient (Wildman–Crippen LogP) is 4.93. The predicted molar refractivity (Wildman–Crippen MR) is 87.8 cm³/mol. The SMILES string of the molecule is CCC(=O)C(=Cc1ccccc1)c1ccc(SC)cc1. The summed E-state index contributed by atoms with van der Waals surface area (Å²) in [7, 11) is 0. The van der Waals surface area contributed by atoms with Gasteiger partial charge in [0.15, 0.2) is 5.78 Å². The maximum absolute atomic E-state index is 12.2. The molecule has 0 N–H and O–H groups in total. The number of Topliss-reactive ketones (excluding diaryl/α,β-unsaturated/α-hetero) is 1. The van der Waals surface area contributed by atoms with Gasteiger partial charge in [0.05, 0.1) is 0 Å². The molecule has 0 heterocycles. The van der Waals surface area contributed by atoms with E-state index < -0.39 is 0 Å². The molecule has 0 spiro atoms. The zero-order chi connectivity index (χ0) is 14.4. The molecule has 0 amide bonds. The van der Waals surface area contributed by atoms with Crippen molar-refractivity contribution in [3.63, 3.8) is 0 Å². The van der Waals surface area contributed by atoms with E-state index in [1.807, 2.05) is 61.7 Å². The van der Waals surface area contributed by atoms with Crippen LogP contribution in [-0.2, 0) is 4.79 Å². The lowest BCUT2D eigenvalue weighted by atomic mass is 9.98. The number of ketones is 1. The zero-order valence-electron chi connectivity index (χ0n) is 11.8. The first-order valence-corrected chi connectivity index (χ1v) is 7.91. The second-order valence-electron chi connectivity index (χ2n) is 4.47. The number of carbonyl (C=O) groups excluding carboxylic acids is 1. The summed E-state index contributed by atoms with van der Waals surface area (Å²) in [5.41, 5.74) is 2.82. The maximum Gasteiger partial charge on any atom is 0.163 e. The molecule has 20 heavy (non-hydrogen) atoms. The molecule has 2 heteroatoms. The molecule has 0 bridgehead atoms. The average molecular weight is 282 g/mol. The van der Waals surface area contributed by atoms with Crippen molar-refractivity contribution in [1.29, 1.82) is 0 Å². The highest BCUT2D eigenvalue weighted by Gasteiger charge is 2.10. The van der Waals surface area contributed by atoms with E-state index >= 15 is 0 Å². The van der Waals surface area contributed by atoms with Gasteiger partial charge in [-0.1, -0.05) is 49.4 Å². The third-order valence-electron chi connectivity index (χ3n) is 3.13. The van der Waals surface area contributed by atoms with E-state index in [2.05, 4.69) is 12.1 Å². The van der Waals surface area contributed by atoms with Crippen LogP contribution in [0.3, 0.4) is 0 Å². The third-order valence-corrected chi connectivity index (χ3v) is 3.88. The second kappa shape index (κ2) is 7.11. The fourth-order valence-corrected chi connectivity index (χ4v) is 2.41. The van der Waals surface area contributed by atoms with Crippen LogP contribution in [0.2, 0.25) is 0 Å². The standard InChI is InChI=1S/C18H18OS/c1-3-18(19)17(13-14-7-5-4-6-8-14)15-9-11-16(20-2)12-10-15/h4-13H,3H2,1-2H3. The number of rotatable bonds is 5. The van der Waals surface area contributed by atoms with Gasteiger partial charge in [-0.2, -0.15) is 0 Å². The van der Waals surface area contributed by atoms with Crippen LogP contribution in [0.15, 0.2) is 59.5 Å². The van der Waals surface area contributed by atoms with Gasteiger partial charge in [0.2, 0.25) is 0 Å². The van der Waals surface area contributed by atoms with Crippen LogP contribution in [0.4, 0.5) is 0 Å². The van der Waals surface area contributed by atoms with Crippen molar-refractivity contribution in [2.45, 2.75) is 18.2 Å². The lowest BCUT2D eigenvalue weighted by Crippen LogP contribution is -1.99. The molecular formula is C18H18OS. The summed E-state index contributed by atoms with van der Waals surface area (Å²) < 4.78 is 0. The quantitative estimate of drug-likeness (QED) is 0.439. The maximum atomic E-state index is 12.2. The van der Waals surface area contributed by atoms with E-state index in [1.54, 1.807) is 11.8 Å². The van der Waals surface area contributed by atoms with Crippen molar-refractivity contribution in [3.8, 4) is 0 Å². The monoisotopic (exact) mass is 282 g/mol. The number of hydrogen-bond donors (Lipinski definition) is 0. The van der Waals surface area contributed by atoms with Crippen molar-refractivity contribution < 1.29 is 4.79 Å². The average Bonchev–Trinajstić information content (AvgIpc) is 2.53. The van der Waals surface area contributed by atoms with Gasteiger partial charge in [0.1, 0.15) is 0 Å². The Bertz CT molecular complexity index is 597. The number of hydrogen-bond acceptors (Lipinski definition) is 2. The third kappa shape index (κ3) is 3.61. The topological polar surface area (TPSA) is 17.1 Å². The van der Waals surface area contributed by atoms with Gasteiger partial charge in [0, 0.05) is 16.9 Å². The van der Waals surface area contributed by atoms with Crippen LogP contribution in [-0.4, -0.2) is 12.0 Å². The minimum absolute atomic E-state index is 0.172. The molecule has 0 saturated heterocycles. The highest BCUT2D eigenvalue weighted by atomic mass is 32.2. The lowest BCUT2D eigenvalue weighted by Gasteiger charge is -2.07. The van der Waals surface area contributed by atoms with Crippen LogP contribution in [0, 0.1) is 0 Å². The first kappa shape index (κ1) is 14.6. The van der Waals surface area contributed by atoms with Gasteiger partial charge >= 0.3 is 0 Å². The number of carbonyl (C=O) groups is 1. The van der Waals surface area contributed by atoms with Gasteiger partial charge < -0.3 is 0 Å². The molecule has 0 fully saturated rings. The smallest absolute Gasteiger partial charge is 0.163 e. The molecule has 0 aromatic heterocycles. The highest BCUT2D eigenvalue weighted by molar-refractivity contribution is 7.98. The summed E-state index contributed by atoms with van der Waals surface area (Å²) in [5, 5.41) is 0. The van der Waals surface area contributed by atoms with E-state index in [1.165, 1.54) is 4.90 Å². The van der Waals surface area contributed by atoms with E-state index in [4.69, 9.17) is 0 Å². The van der Waals surface area contributed by atoms with Gasteiger partial charge in [-0.25, -0.2) is 0 Å². The first-order chi connectivity index (χ1) is 9.74. The summed E-state index contributed by atoms with van der Waals surface area (Å²) in [4.78, 5) is 13.4. The summed E-state index contributed by atoms with van der Waals surface area (Å²) >= 11 is 1.70. The first-order valence-electron chi connectivity index (χ1n) is 6.69. The zero-order valence-corrected chi connectivity index (χ0v) is 12.6. The van der Waals surface area contributed by atoms with Crippen molar-refractivity contribution in [3.05, 3.63) is 65.7 Å². The van der Waals surface area contributed by atoms with Gasteiger partial charge in [-0.15, -0.1) is 11.8 Å². The Balaban J connectivity index is 2.42. The van der Waals surface area contributed by atoms with Crippen molar-refractivity contribution in [1.82, 2.24) is 0 Å². The van der Waals surface area contributed by atoms with E-state index in [9.17, 15) is 4.79 Å². The summed E-state index contributed by atoms with van der Waals surface area (Å²) in [6.07, 6.45) is 4.54. The van der Waals surface area contributed by atoms with Gasteiger partial charge in [-0.05, 0) is 35.6 Å². The normalized spacial score (nSPS) is 11.4. The van der Waals surface area contributed by atoms with Crippen LogP contribution >= 0.6 is 11.8 Å².